The molecule has 3 rings (SSSR count). The van der Waals surface area contributed by atoms with Crippen molar-refractivity contribution in [3.63, 3.8) is 0 Å². The molecule has 0 saturated carbocycles. The maximum atomic E-state index is 6.05. The number of benzene rings is 2. The Labute approximate surface area is 114 Å². The molecule has 1 saturated heterocycles. The zero-order valence-electron chi connectivity index (χ0n) is 11.3. The van der Waals surface area contributed by atoms with Gasteiger partial charge in [0, 0.05) is 17.9 Å². The van der Waals surface area contributed by atoms with Gasteiger partial charge >= 0.3 is 0 Å². The van der Waals surface area contributed by atoms with Gasteiger partial charge in [0.2, 0.25) is 0 Å². The van der Waals surface area contributed by atoms with Crippen molar-refractivity contribution in [3.8, 4) is 0 Å². The van der Waals surface area contributed by atoms with E-state index in [4.69, 9.17) is 5.73 Å². The predicted octanol–water partition coefficient (Wildman–Crippen LogP) is 3.92. The van der Waals surface area contributed by atoms with Gasteiger partial charge in [-0.2, -0.15) is 0 Å². The monoisotopic (exact) mass is 252 g/mol. The van der Waals surface area contributed by atoms with Crippen LogP contribution in [0.2, 0.25) is 0 Å². The van der Waals surface area contributed by atoms with Gasteiger partial charge in [-0.1, -0.05) is 36.4 Å². The molecule has 0 spiro atoms. The SMILES string of the molecule is Cc1ccc(N2CCCC2c2ccccc2)cc1N. The molecule has 1 heterocycles. The second-order valence-corrected chi connectivity index (χ2v) is 5.30. The van der Waals surface area contributed by atoms with Gasteiger partial charge in [-0.25, -0.2) is 0 Å². The van der Waals surface area contributed by atoms with E-state index < -0.39 is 0 Å². The first kappa shape index (κ1) is 12.1. The highest BCUT2D eigenvalue weighted by Gasteiger charge is 2.26. The van der Waals surface area contributed by atoms with Crippen LogP contribution in [0.1, 0.15) is 30.0 Å². The van der Waals surface area contributed by atoms with Crippen LogP contribution in [-0.4, -0.2) is 6.54 Å². The molecule has 1 aliphatic rings. The second-order valence-electron chi connectivity index (χ2n) is 5.30. The molecular weight excluding hydrogens is 232 g/mol. The molecule has 2 N–H and O–H groups in total. The zero-order valence-corrected chi connectivity index (χ0v) is 11.3. The summed E-state index contributed by atoms with van der Waals surface area (Å²) in [5.74, 6) is 0. The standard InChI is InChI=1S/C17H20N2/c1-13-9-10-15(12-16(13)18)19-11-5-8-17(19)14-6-3-2-4-7-14/h2-4,6-7,9-10,12,17H,5,8,11,18H2,1H3. The van der Waals surface area contributed by atoms with Crippen molar-refractivity contribution in [1.29, 1.82) is 0 Å². The van der Waals surface area contributed by atoms with Crippen LogP contribution in [0.3, 0.4) is 0 Å². The summed E-state index contributed by atoms with van der Waals surface area (Å²) in [5.41, 5.74) is 10.7. The fourth-order valence-electron chi connectivity index (χ4n) is 2.90. The van der Waals surface area contributed by atoms with Crippen molar-refractivity contribution in [1.82, 2.24) is 0 Å². The zero-order chi connectivity index (χ0) is 13.2. The Morgan fingerprint density at radius 3 is 2.63 bits per heavy atom. The summed E-state index contributed by atoms with van der Waals surface area (Å²) < 4.78 is 0. The van der Waals surface area contributed by atoms with Crippen molar-refractivity contribution in [3.05, 3.63) is 59.7 Å². The Hall–Kier alpha value is -1.96. The van der Waals surface area contributed by atoms with Crippen LogP contribution in [0.25, 0.3) is 0 Å². The lowest BCUT2D eigenvalue weighted by Gasteiger charge is -2.27. The van der Waals surface area contributed by atoms with Gasteiger partial charge in [0.25, 0.3) is 0 Å². The van der Waals surface area contributed by atoms with Crippen LogP contribution in [0.5, 0.6) is 0 Å². The minimum atomic E-state index is 0.489. The number of anilines is 2. The van der Waals surface area contributed by atoms with Crippen LogP contribution in [0.4, 0.5) is 11.4 Å². The second kappa shape index (κ2) is 4.96. The first-order valence-electron chi connectivity index (χ1n) is 6.93. The van der Waals surface area contributed by atoms with E-state index in [-0.39, 0.29) is 0 Å². The fraction of sp³-hybridized carbons (Fsp3) is 0.294. The molecule has 0 bridgehead atoms. The molecular formula is C17H20N2. The van der Waals surface area contributed by atoms with Gasteiger partial charge in [-0.3, -0.25) is 0 Å². The fourth-order valence-corrected chi connectivity index (χ4v) is 2.90. The average Bonchev–Trinajstić information content (AvgIpc) is 2.92. The molecule has 19 heavy (non-hydrogen) atoms. The van der Waals surface area contributed by atoms with Crippen molar-refractivity contribution in [2.45, 2.75) is 25.8 Å². The Balaban J connectivity index is 1.93. The number of nitrogen functional groups attached to an aromatic ring is 1. The molecule has 1 atom stereocenters. The van der Waals surface area contributed by atoms with Crippen molar-refractivity contribution in [2.24, 2.45) is 0 Å². The highest BCUT2D eigenvalue weighted by atomic mass is 15.2. The quantitative estimate of drug-likeness (QED) is 0.821. The molecule has 2 heteroatoms. The number of rotatable bonds is 2. The topological polar surface area (TPSA) is 29.3 Å². The number of nitrogens with two attached hydrogens (primary N) is 1. The van der Waals surface area contributed by atoms with Gasteiger partial charge in [0.1, 0.15) is 0 Å². The highest BCUT2D eigenvalue weighted by molar-refractivity contribution is 5.61. The summed E-state index contributed by atoms with van der Waals surface area (Å²) in [6.45, 7) is 3.17. The predicted molar refractivity (Wildman–Crippen MR) is 81.4 cm³/mol. The summed E-state index contributed by atoms with van der Waals surface area (Å²) in [6, 6.07) is 17.7. The highest BCUT2D eigenvalue weighted by Crippen LogP contribution is 2.36. The Morgan fingerprint density at radius 1 is 1.11 bits per heavy atom. The Morgan fingerprint density at radius 2 is 1.89 bits per heavy atom. The minimum Gasteiger partial charge on any atom is -0.398 e. The van der Waals surface area contributed by atoms with Crippen LogP contribution < -0.4 is 10.6 Å². The first-order chi connectivity index (χ1) is 9.25. The van der Waals surface area contributed by atoms with Gasteiger partial charge in [-0.15, -0.1) is 0 Å². The third-order valence-electron chi connectivity index (χ3n) is 4.03. The average molecular weight is 252 g/mol. The van der Waals surface area contributed by atoms with E-state index in [9.17, 15) is 0 Å². The van der Waals surface area contributed by atoms with E-state index in [0.717, 1.165) is 17.8 Å². The van der Waals surface area contributed by atoms with E-state index in [0.29, 0.717) is 6.04 Å². The molecule has 0 radical (unpaired) electrons. The molecule has 2 aromatic rings. The lowest BCUT2D eigenvalue weighted by atomic mass is 10.0. The summed E-state index contributed by atoms with van der Waals surface area (Å²) in [5, 5.41) is 0. The summed E-state index contributed by atoms with van der Waals surface area (Å²) in [6.07, 6.45) is 2.46. The smallest absolute Gasteiger partial charge is 0.0543 e. The van der Waals surface area contributed by atoms with Crippen LogP contribution in [0, 0.1) is 6.92 Å². The van der Waals surface area contributed by atoms with Crippen LogP contribution >= 0.6 is 0 Å². The van der Waals surface area contributed by atoms with Crippen molar-refractivity contribution < 1.29 is 0 Å². The number of nitrogens with zero attached hydrogens (tertiary/aromatic N) is 1. The first-order valence-corrected chi connectivity index (χ1v) is 6.93. The normalized spacial score (nSPS) is 18.8. The van der Waals surface area contributed by atoms with E-state index in [2.05, 4.69) is 60.4 Å². The molecule has 1 unspecified atom stereocenters. The van der Waals surface area contributed by atoms with E-state index in [1.54, 1.807) is 0 Å². The lowest BCUT2D eigenvalue weighted by Crippen LogP contribution is -2.22. The molecule has 2 aromatic carbocycles. The van der Waals surface area contributed by atoms with E-state index in [1.807, 2.05) is 0 Å². The Bertz CT molecular complexity index is 563. The minimum absolute atomic E-state index is 0.489. The molecule has 0 amide bonds. The van der Waals surface area contributed by atoms with Gasteiger partial charge in [0.05, 0.1) is 6.04 Å². The third-order valence-corrected chi connectivity index (χ3v) is 4.03. The van der Waals surface area contributed by atoms with Gasteiger partial charge < -0.3 is 10.6 Å². The molecule has 0 aliphatic carbocycles. The molecule has 1 fully saturated rings. The van der Waals surface area contributed by atoms with E-state index >= 15 is 0 Å². The molecule has 98 valence electrons. The molecule has 0 aromatic heterocycles. The summed E-state index contributed by atoms with van der Waals surface area (Å²) in [4.78, 5) is 2.48. The van der Waals surface area contributed by atoms with Crippen molar-refractivity contribution >= 4 is 11.4 Å². The maximum absolute atomic E-state index is 6.05. The van der Waals surface area contributed by atoms with Gasteiger partial charge in [-0.05, 0) is 43.0 Å². The largest absolute Gasteiger partial charge is 0.398 e. The van der Waals surface area contributed by atoms with Crippen molar-refractivity contribution in [2.75, 3.05) is 17.2 Å². The summed E-state index contributed by atoms with van der Waals surface area (Å²) in [7, 11) is 0. The maximum Gasteiger partial charge on any atom is 0.0543 e. The van der Waals surface area contributed by atoms with Crippen LogP contribution in [0.15, 0.2) is 48.5 Å². The van der Waals surface area contributed by atoms with Crippen LogP contribution in [-0.2, 0) is 0 Å². The number of hydrogen-bond acceptors (Lipinski definition) is 2. The molecule has 2 nitrogen and oxygen atoms in total. The Kier molecular flexibility index (Phi) is 3.16. The third kappa shape index (κ3) is 2.30. The lowest BCUT2D eigenvalue weighted by molar-refractivity contribution is 0.719. The number of hydrogen-bond donors (Lipinski definition) is 1. The summed E-state index contributed by atoms with van der Waals surface area (Å²) >= 11 is 0. The molecule has 1 aliphatic heterocycles. The van der Waals surface area contributed by atoms with E-state index in [1.165, 1.54) is 24.1 Å². The number of aryl methyl sites for hydroxylation is 1. The van der Waals surface area contributed by atoms with Gasteiger partial charge in [0.15, 0.2) is 0 Å².